The summed E-state index contributed by atoms with van der Waals surface area (Å²) in [7, 11) is 0. The monoisotopic (exact) mass is 330 g/mol. The molecule has 23 heavy (non-hydrogen) atoms. The molecule has 0 aromatic rings. The van der Waals surface area contributed by atoms with Gasteiger partial charge >= 0.3 is 6.16 Å². The molecule has 1 aliphatic carbocycles. The van der Waals surface area contributed by atoms with E-state index in [0.717, 1.165) is 12.8 Å². The molecule has 0 bridgehead atoms. The van der Waals surface area contributed by atoms with E-state index >= 15 is 0 Å². The van der Waals surface area contributed by atoms with Gasteiger partial charge < -0.3 is 26.0 Å². The summed E-state index contributed by atoms with van der Waals surface area (Å²) in [6.45, 7) is 6.26. The first kappa shape index (κ1) is 19.7. The van der Waals surface area contributed by atoms with Crippen molar-refractivity contribution in [1.29, 1.82) is 0 Å². The van der Waals surface area contributed by atoms with Gasteiger partial charge in [0.05, 0.1) is 6.10 Å². The fourth-order valence-electron chi connectivity index (χ4n) is 3.50. The van der Waals surface area contributed by atoms with Gasteiger partial charge in [-0.25, -0.2) is 4.79 Å². The Hall–Kier alpha value is -1.34. The largest absolute Gasteiger partial charge is 0.506 e. The van der Waals surface area contributed by atoms with E-state index in [-0.39, 0.29) is 23.8 Å². The zero-order valence-electron chi connectivity index (χ0n) is 14.2. The van der Waals surface area contributed by atoms with Crippen molar-refractivity contribution >= 4 is 12.1 Å². The minimum absolute atomic E-state index is 0.0559. The van der Waals surface area contributed by atoms with Crippen LogP contribution in [0.25, 0.3) is 0 Å². The Morgan fingerprint density at radius 2 is 2.09 bits per heavy atom. The first-order valence-electron chi connectivity index (χ1n) is 8.33. The van der Waals surface area contributed by atoms with E-state index in [1.165, 1.54) is 6.92 Å². The Labute approximate surface area is 137 Å². The summed E-state index contributed by atoms with van der Waals surface area (Å²) in [6.07, 6.45) is 0.0245. The molecule has 0 radical (unpaired) electrons. The van der Waals surface area contributed by atoms with Crippen molar-refractivity contribution in [3.8, 4) is 0 Å². The van der Waals surface area contributed by atoms with E-state index in [0.29, 0.717) is 25.3 Å². The van der Waals surface area contributed by atoms with Crippen LogP contribution in [0.5, 0.6) is 0 Å². The molecular weight excluding hydrogens is 300 g/mol. The van der Waals surface area contributed by atoms with Crippen molar-refractivity contribution in [2.24, 2.45) is 23.5 Å². The standard InChI is InChI=1S/C16H30N2O5/c1-4-5-11(9(2)8-18-10(3)19)6-12-13(17)7-14(15(12)20)23-16(21)22/h9,11-15,20H,4-8,17H2,1-3H3,(H,18,19)(H,21,22)/t9?,11?,12-,13-,14+,15+/m0/s1. The molecule has 0 aromatic carbocycles. The van der Waals surface area contributed by atoms with Crippen LogP contribution in [-0.2, 0) is 9.53 Å². The second kappa shape index (κ2) is 9.08. The van der Waals surface area contributed by atoms with Gasteiger partial charge in [-0.3, -0.25) is 4.79 Å². The maximum absolute atomic E-state index is 11.1. The first-order chi connectivity index (χ1) is 10.8. The number of carbonyl (C=O) groups excluding carboxylic acids is 1. The van der Waals surface area contributed by atoms with Gasteiger partial charge in [-0.2, -0.15) is 0 Å². The predicted octanol–water partition coefficient (Wildman–Crippen LogP) is 1.34. The summed E-state index contributed by atoms with van der Waals surface area (Å²) >= 11 is 0. The molecule has 0 saturated heterocycles. The molecule has 0 heterocycles. The van der Waals surface area contributed by atoms with Crippen molar-refractivity contribution in [3.63, 3.8) is 0 Å². The molecule has 1 fully saturated rings. The Balaban J connectivity index is 2.67. The molecule has 7 heteroatoms. The van der Waals surface area contributed by atoms with Crippen LogP contribution in [0, 0.1) is 17.8 Å². The first-order valence-corrected chi connectivity index (χ1v) is 8.33. The second-order valence-electron chi connectivity index (χ2n) is 6.68. The molecule has 7 nitrogen and oxygen atoms in total. The van der Waals surface area contributed by atoms with E-state index in [1.54, 1.807) is 0 Å². The molecule has 1 saturated carbocycles. The number of nitrogens with two attached hydrogens (primary N) is 1. The van der Waals surface area contributed by atoms with Crippen LogP contribution in [0.2, 0.25) is 0 Å². The van der Waals surface area contributed by atoms with Crippen LogP contribution in [0.1, 0.15) is 46.5 Å². The number of hydrogen-bond donors (Lipinski definition) is 4. The molecular formula is C16H30N2O5. The number of carboxylic acid groups (broad SMARTS) is 1. The maximum Gasteiger partial charge on any atom is 0.506 e. The molecule has 0 spiro atoms. The highest BCUT2D eigenvalue weighted by Gasteiger charge is 2.44. The zero-order valence-corrected chi connectivity index (χ0v) is 14.2. The van der Waals surface area contributed by atoms with Gasteiger partial charge in [0.2, 0.25) is 5.91 Å². The van der Waals surface area contributed by atoms with E-state index in [4.69, 9.17) is 15.6 Å². The van der Waals surface area contributed by atoms with Crippen molar-refractivity contribution in [2.75, 3.05) is 6.54 Å². The molecule has 1 amide bonds. The summed E-state index contributed by atoms with van der Waals surface area (Å²) in [5.74, 6) is 0.328. The van der Waals surface area contributed by atoms with E-state index in [9.17, 15) is 14.7 Å². The lowest BCUT2D eigenvalue weighted by molar-refractivity contribution is -0.119. The average molecular weight is 330 g/mol. The lowest BCUT2D eigenvalue weighted by Gasteiger charge is -2.29. The third kappa shape index (κ3) is 5.99. The molecule has 134 valence electrons. The number of rotatable bonds is 8. The third-order valence-corrected chi connectivity index (χ3v) is 4.84. The SMILES string of the molecule is CCCC(C[C@@H]1[C@@H](O)[C@H](OC(=O)O)C[C@@H]1N)C(C)CNC(C)=O. The second-order valence-corrected chi connectivity index (χ2v) is 6.68. The average Bonchev–Trinajstić information content (AvgIpc) is 2.70. The fourth-order valence-corrected chi connectivity index (χ4v) is 3.50. The predicted molar refractivity (Wildman–Crippen MR) is 85.8 cm³/mol. The van der Waals surface area contributed by atoms with Crippen molar-refractivity contribution in [3.05, 3.63) is 0 Å². The Morgan fingerprint density at radius 1 is 1.43 bits per heavy atom. The Kier molecular flexibility index (Phi) is 7.78. The molecule has 1 aliphatic rings. The van der Waals surface area contributed by atoms with E-state index in [2.05, 4.69) is 19.2 Å². The highest BCUT2D eigenvalue weighted by atomic mass is 16.7. The van der Waals surface area contributed by atoms with E-state index in [1.807, 2.05) is 0 Å². The van der Waals surface area contributed by atoms with E-state index < -0.39 is 18.4 Å². The van der Waals surface area contributed by atoms with Gasteiger partial charge in [0, 0.05) is 31.8 Å². The van der Waals surface area contributed by atoms with Gasteiger partial charge in [0.15, 0.2) is 0 Å². The van der Waals surface area contributed by atoms with Crippen LogP contribution < -0.4 is 11.1 Å². The number of ether oxygens (including phenoxy) is 1. The highest BCUT2D eigenvalue weighted by Crippen LogP contribution is 2.36. The van der Waals surface area contributed by atoms with Crippen molar-refractivity contribution < 1.29 is 24.5 Å². The van der Waals surface area contributed by atoms with Gasteiger partial charge in [0.25, 0.3) is 0 Å². The minimum Gasteiger partial charge on any atom is -0.450 e. The van der Waals surface area contributed by atoms with Gasteiger partial charge in [-0.15, -0.1) is 0 Å². The third-order valence-electron chi connectivity index (χ3n) is 4.84. The number of aliphatic hydroxyl groups excluding tert-OH is 1. The summed E-state index contributed by atoms with van der Waals surface area (Å²) in [4.78, 5) is 21.8. The van der Waals surface area contributed by atoms with Crippen LogP contribution in [0.4, 0.5) is 4.79 Å². The van der Waals surface area contributed by atoms with Gasteiger partial charge in [-0.1, -0.05) is 26.7 Å². The number of aliphatic hydroxyl groups is 1. The molecule has 2 unspecified atom stereocenters. The lowest BCUT2D eigenvalue weighted by Crippen LogP contribution is -2.37. The quantitative estimate of drug-likeness (QED) is 0.498. The van der Waals surface area contributed by atoms with Gasteiger partial charge in [0.1, 0.15) is 6.10 Å². The summed E-state index contributed by atoms with van der Waals surface area (Å²) in [6, 6.07) is -0.276. The maximum atomic E-state index is 11.1. The number of amides is 1. The summed E-state index contributed by atoms with van der Waals surface area (Å²) in [5, 5.41) is 21.9. The smallest absolute Gasteiger partial charge is 0.450 e. The van der Waals surface area contributed by atoms with Crippen LogP contribution in [0.3, 0.4) is 0 Å². The van der Waals surface area contributed by atoms with Crippen LogP contribution in [0.15, 0.2) is 0 Å². The topological polar surface area (TPSA) is 122 Å². The molecule has 0 aromatic heterocycles. The van der Waals surface area contributed by atoms with Crippen LogP contribution >= 0.6 is 0 Å². The highest BCUT2D eigenvalue weighted by molar-refractivity contribution is 5.72. The molecule has 0 aliphatic heterocycles. The summed E-state index contributed by atoms with van der Waals surface area (Å²) < 4.78 is 4.73. The zero-order chi connectivity index (χ0) is 17.6. The van der Waals surface area contributed by atoms with Gasteiger partial charge in [-0.05, 0) is 18.3 Å². The molecule has 5 N–H and O–H groups in total. The van der Waals surface area contributed by atoms with Crippen molar-refractivity contribution in [1.82, 2.24) is 5.32 Å². The minimum atomic E-state index is -1.38. The fraction of sp³-hybridized carbons (Fsp3) is 0.875. The Bertz CT molecular complexity index is 404. The summed E-state index contributed by atoms with van der Waals surface area (Å²) in [5.41, 5.74) is 6.10. The number of nitrogens with one attached hydrogen (secondary N) is 1. The van der Waals surface area contributed by atoms with Crippen LogP contribution in [-0.4, -0.2) is 47.1 Å². The number of carbonyl (C=O) groups is 2. The van der Waals surface area contributed by atoms with Crippen molar-refractivity contribution in [2.45, 2.75) is 64.7 Å². The normalized spacial score (nSPS) is 29.8. The molecule has 6 atom stereocenters. The number of hydrogen-bond acceptors (Lipinski definition) is 5. The Morgan fingerprint density at radius 3 is 2.61 bits per heavy atom. The lowest BCUT2D eigenvalue weighted by atomic mass is 9.80. The molecule has 1 rings (SSSR count).